The molecule has 0 saturated carbocycles. The molecule has 0 radical (unpaired) electrons. The molecule has 2 N–H and O–H groups in total. The largest absolute Gasteiger partial charge is 1.00 e. The van der Waals surface area contributed by atoms with Gasteiger partial charge in [0.25, 0.3) is 5.91 Å². The van der Waals surface area contributed by atoms with Gasteiger partial charge in [-0.05, 0) is 66.0 Å². The fourth-order valence-corrected chi connectivity index (χ4v) is 7.32. The number of anilines is 1. The van der Waals surface area contributed by atoms with E-state index in [1.807, 2.05) is 0 Å². The SMILES string of the molecule is O=C(Nc1cc2c(O)c(N=Nc3ccc(S(=O)(=O)CCOS(=O)(=O)[O-])cc3)c(SOO[O-])cc2cc1S(=O)(=O)[O-])c1ccc2nc(Cl)c(Cl)nc2c1.[2H][I-]I.[Na+].[Na+].[Na+]. The van der Waals surface area contributed by atoms with Crippen LogP contribution >= 0.6 is 53.9 Å². The molecular formula is C27H17Cl2I2N5Na3O14S4-. The van der Waals surface area contributed by atoms with Crippen molar-refractivity contribution in [2.75, 3.05) is 17.7 Å². The number of phenols is 1. The minimum Gasteiger partial charge on any atom is 1.00 e. The molecule has 30 heteroatoms. The van der Waals surface area contributed by atoms with E-state index in [1.54, 1.807) is 0 Å². The smallest absolute Gasteiger partial charge is 1.00 e. The molecule has 0 aliphatic rings. The van der Waals surface area contributed by atoms with Gasteiger partial charge in [-0.25, -0.2) is 35.2 Å². The molecular weight excluding hydrogens is 1140 g/mol. The van der Waals surface area contributed by atoms with Crippen molar-refractivity contribution in [1.29, 1.82) is 0.594 Å². The average molecular weight is 1160 g/mol. The number of sulfone groups is 1. The molecule has 1 aromatic heterocycles. The molecule has 0 aliphatic heterocycles. The average Bonchev–Trinajstić information content (AvgIpc) is 3.10. The molecule has 4 aromatic carbocycles. The molecule has 0 bridgehead atoms. The predicted molar refractivity (Wildman–Crippen MR) is 193 cm³/mol. The number of hydrogen-bond donors (Lipinski definition) is 2. The van der Waals surface area contributed by atoms with Crippen molar-refractivity contribution in [3.05, 3.63) is 76.5 Å². The van der Waals surface area contributed by atoms with E-state index >= 15 is 0 Å². The number of phenolic OH excluding ortho intramolecular Hbond substituents is 1. The standard InChI is InChI=1S/C27H19Cl2N5O14S4.HI2.3Na/c28-25-26(29)31-19-9-13(1-6-18(19)30-25)27(36)32-20-12-17-14(11-22(20)51(40,41)42)10-21(49-48-47-37)23(24(17)35)34-33-15-2-4-16(5-3-15)50(38,39)8-7-46-52(43,44)45;1-2;;;/h1-6,9-12,35,37H,7-8H2,(H,32,36)(H,40,41,42)(H,43,44,45);1H;;;/q;-1;3*+1/p-3/i;1D;;;. The maximum atomic E-state index is 13.2. The van der Waals surface area contributed by atoms with Crippen LogP contribution in [0.1, 0.15) is 10.4 Å². The third-order valence-corrected chi connectivity index (χ3v) is 11.0. The molecule has 0 aliphatic carbocycles. The van der Waals surface area contributed by atoms with Crippen LogP contribution in [0.2, 0.25) is 10.3 Å². The number of aromatic nitrogens is 2. The van der Waals surface area contributed by atoms with Gasteiger partial charge in [-0.3, -0.25) is 14.0 Å². The molecule has 0 spiro atoms. The van der Waals surface area contributed by atoms with Crippen molar-refractivity contribution in [2.45, 2.75) is 14.7 Å². The summed E-state index contributed by atoms with van der Waals surface area (Å²) in [6, 6.07) is 11.5. The summed E-state index contributed by atoms with van der Waals surface area (Å²) in [5.41, 5.74) is -0.524. The van der Waals surface area contributed by atoms with Gasteiger partial charge < -0.3 is 24.8 Å². The van der Waals surface area contributed by atoms with E-state index in [9.17, 15) is 49.5 Å². The summed E-state index contributed by atoms with van der Waals surface area (Å²) in [5, 5.41) is 34.9. The van der Waals surface area contributed by atoms with Gasteiger partial charge in [-0.1, -0.05) is 23.2 Å². The number of rotatable bonds is 13. The summed E-state index contributed by atoms with van der Waals surface area (Å²) in [7, 11) is -14.5. The van der Waals surface area contributed by atoms with Crippen LogP contribution in [0.25, 0.3) is 21.8 Å². The van der Waals surface area contributed by atoms with Crippen molar-refractivity contribution in [3.8, 4) is 5.75 Å². The molecule has 0 atom stereocenters. The van der Waals surface area contributed by atoms with E-state index in [4.69, 9.17) is 23.8 Å². The number of carbonyl (C=O) groups is 1. The molecule has 0 saturated heterocycles. The van der Waals surface area contributed by atoms with E-state index < -0.39 is 65.0 Å². The van der Waals surface area contributed by atoms with Gasteiger partial charge in [-0.2, -0.15) is 9.45 Å². The zero-order valence-corrected chi connectivity index (χ0v) is 44.0. The Hall–Kier alpha value is 0.350. The Labute approximate surface area is 428 Å². The van der Waals surface area contributed by atoms with E-state index in [0.717, 1.165) is 30.3 Å². The third-order valence-electron chi connectivity index (χ3n) is 6.71. The molecule has 1 heterocycles. The first-order valence-corrected chi connectivity index (χ1v) is 25.9. The summed E-state index contributed by atoms with van der Waals surface area (Å²) in [4.78, 5) is 19.9. The van der Waals surface area contributed by atoms with Crippen molar-refractivity contribution in [2.24, 2.45) is 10.2 Å². The number of aromatic hydroxyl groups is 1. The molecule has 57 heavy (non-hydrogen) atoms. The van der Waals surface area contributed by atoms with Crippen LogP contribution in [0.3, 0.4) is 0 Å². The molecule has 0 fully saturated rings. The summed E-state index contributed by atoms with van der Waals surface area (Å²) >= 11 is 13.9. The number of halogens is 4. The van der Waals surface area contributed by atoms with Crippen LogP contribution in [0.5, 0.6) is 5.75 Å². The van der Waals surface area contributed by atoms with Gasteiger partial charge in [-0.15, -0.1) is 5.11 Å². The topological polar surface area (TPSA) is 299 Å². The Bertz CT molecular complexity index is 2650. The molecule has 5 aromatic rings. The normalized spacial score (nSPS) is 11.9. The van der Waals surface area contributed by atoms with Gasteiger partial charge in [0.15, 0.2) is 25.9 Å². The van der Waals surface area contributed by atoms with Crippen LogP contribution in [-0.4, -0.2) is 68.3 Å². The van der Waals surface area contributed by atoms with E-state index in [0.29, 0.717) is 0 Å². The molecule has 0 unspecified atom stereocenters. The molecule has 1 amide bonds. The van der Waals surface area contributed by atoms with E-state index in [2.05, 4.69) is 57.7 Å². The molecule has 19 nitrogen and oxygen atoms in total. The zero-order chi connectivity index (χ0) is 40.7. The van der Waals surface area contributed by atoms with Crippen LogP contribution in [0, 0.1) is 0 Å². The van der Waals surface area contributed by atoms with Crippen molar-refractivity contribution in [1.82, 2.24) is 9.97 Å². The zero-order valence-electron chi connectivity index (χ0n) is 29.9. The maximum Gasteiger partial charge on any atom is 1.00 e. The minimum absolute atomic E-state index is 0. The van der Waals surface area contributed by atoms with E-state index in [-0.39, 0.29) is 178 Å². The number of benzene rings is 4. The number of carbonyl (C=O) groups excluding carboxylic acids is 1. The third kappa shape index (κ3) is 15.3. The Morgan fingerprint density at radius 2 is 1.56 bits per heavy atom. The van der Waals surface area contributed by atoms with Crippen molar-refractivity contribution in [3.63, 3.8) is 0 Å². The number of amides is 1. The second-order valence-corrected chi connectivity index (χ2v) is 16.0. The number of nitrogens with zero attached hydrogens (tertiary/aromatic N) is 4. The molecule has 290 valence electrons. The maximum absolute atomic E-state index is 13.2. The fraction of sp³-hybridized carbons (Fsp3) is 0.0741. The predicted octanol–water partition coefficient (Wildman–Crippen LogP) is -7.52. The summed E-state index contributed by atoms with van der Waals surface area (Å²) in [6.07, 6.45) is 0. The van der Waals surface area contributed by atoms with Gasteiger partial charge in [0.05, 0.1) is 61.5 Å². The summed E-state index contributed by atoms with van der Waals surface area (Å²) < 4.78 is 108. The van der Waals surface area contributed by atoms with Gasteiger partial charge in [0.1, 0.15) is 15.8 Å². The first-order valence-electron chi connectivity index (χ1n) is 14.1. The van der Waals surface area contributed by atoms with Crippen LogP contribution in [0.15, 0.2) is 85.6 Å². The van der Waals surface area contributed by atoms with Gasteiger partial charge in [0.2, 0.25) is 10.4 Å². The number of nitrogens with one attached hydrogen (secondary N) is 1. The number of azo groups is 1. The monoisotopic (exact) mass is 1160 g/mol. The quantitative estimate of drug-likeness (QED) is 0.0162. The Morgan fingerprint density at radius 3 is 2.14 bits per heavy atom. The van der Waals surface area contributed by atoms with E-state index in [1.165, 1.54) is 30.3 Å². The Morgan fingerprint density at radius 1 is 0.947 bits per heavy atom. The first kappa shape index (κ1) is 53.5. The second kappa shape index (κ2) is 24.3. The molecule has 5 rings (SSSR count). The van der Waals surface area contributed by atoms with Crippen molar-refractivity contribution < 1.29 is 170 Å². The number of fused-ring (bicyclic) bond motifs is 2. The van der Waals surface area contributed by atoms with Crippen LogP contribution < -0.4 is 118 Å². The second-order valence-electron chi connectivity index (χ2n) is 10.0. The first-order chi connectivity index (χ1) is 25.8. The minimum atomic E-state index is -5.27. The van der Waals surface area contributed by atoms with Crippen LogP contribution in [0.4, 0.5) is 17.1 Å². The van der Waals surface area contributed by atoms with Crippen molar-refractivity contribution >= 4 is 129 Å². The van der Waals surface area contributed by atoms with Crippen LogP contribution in [-0.2, 0) is 43.9 Å². The Kier molecular flexibility index (Phi) is 22.8. The summed E-state index contributed by atoms with van der Waals surface area (Å²) in [5.74, 6) is -2.44. The Balaban J connectivity index is 0.00000272. The summed E-state index contributed by atoms with van der Waals surface area (Å²) in [6.45, 7) is -0.913. The fourth-order valence-electron chi connectivity index (χ4n) is 4.43. The van der Waals surface area contributed by atoms with Gasteiger partial charge >= 0.3 is 126 Å². The van der Waals surface area contributed by atoms with Gasteiger partial charge in [0, 0.05) is 10.9 Å². The number of hydrogen-bond acceptors (Lipinski definition) is 19.